The molecule has 9 heteroatoms. The van der Waals surface area contributed by atoms with Gasteiger partial charge < -0.3 is 10.6 Å². The molecule has 0 saturated carbocycles. The van der Waals surface area contributed by atoms with Crippen molar-refractivity contribution in [2.75, 3.05) is 18.1 Å². The van der Waals surface area contributed by atoms with Gasteiger partial charge in [-0.05, 0) is 58.4 Å². The molecule has 1 saturated heterocycles. The van der Waals surface area contributed by atoms with Crippen molar-refractivity contribution in [3.8, 4) is 0 Å². The Bertz CT molecular complexity index is 788. The second kappa shape index (κ2) is 9.77. The van der Waals surface area contributed by atoms with Crippen LogP contribution < -0.4 is 10.6 Å². The Morgan fingerprint density at radius 2 is 2.07 bits per heavy atom. The molecular weight excluding hydrogens is 489 g/mol. The summed E-state index contributed by atoms with van der Waals surface area (Å²) < 4.78 is 25.4. The first kappa shape index (κ1) is 23.4. The van der Waals surface area contributed by atoms with E-state index < -0.39 is 9.84 Å². The van der Waals surface area contributed by atoms with Gasteiger partial charge in [0.25, 0.3) is 0 Å². The zero-order valence-electron chi connectivity index (χ0n) is 17.3. The van der Waals surface area contributed by atoms with Crippen LogP contribution in [0.1, 0.15) is 57.8 Å². The maximum Gasteiger partial charge on any atom is 0.191 e. The van der Waals surface area contributed by atoms with Crippen LogP contribution in [0.25, 0.3) is 0 Å². The zero-order valence-corrected chi connectivity index (χ0v) is 20.5. The van der Waals surface area contributed by atoms with Crippen LogP contribution in [0.2, 0.25) is 0 Å². The standard InChI is InChI=1S/C19H33N5O2S.HI/c1-13(2)21-19(20-10-15-7-8-27(25,26)12-15)22-17-6-5-16-11-24(14(3)4)23-18(16)9-17;/h11,13-15,17H,5-10,12H2,1-4H3,(H2,20,21,22);1H. The maximum atomic E-state index is 11.7. The molecule has 0 aromatic carbocycles. The molecule has 0 amide bonds. The van der Waals surface area contributed by atoms with E-state index in [1.165, 1.54) is 11.3 Å². The predicted molar refractivity (Wildman–Crippen MR) is 124 cm³/mol. The molecule has 1 fully saturated rings. The van der Waals surface area contributed by atoms with Crippen LogP contribution >= 0.6 is 24.0 Å². The average Bonchev–Trinajstić information content (AvgIpc) is 3.14. The number of sulfone groups is 1. The van der Waals surface area contributed by atoms with Crippen molar-refractivity contribution in [3.63, 3.8) is 0 Å². The second-order valence-corrected chi connectivity index (χ2v) is 10.7. The minimum atomic E-state index is -2.85. The van der Waals surface area contributed by atoms with E-state index in [2.05, 4.69) is 49.2 Å². The van der Waals surface area contributed by atoms with Crippen LogP contribution in [0, 0.1) is 5.92 Å². The third kappa shape index (κ3) is 6.33. The largest absolute Gasteiger partial charge is 0.354 e. The fraction of sp³-hybridized carbons (Fsp3) is 0.789. The van der Waals surface area contributed by atoms with E-state index in [9.17, 15) is 8.42 Å². The smallest absolute Gasteiger partial charge is 0.191 e. The van der Waals surface area contributed by atoms with Crippen LogP contribution in [0.5, 0.6) is 0 Å². The van der Waals surface area contributed by atoms with Crippen molar-refractivity contribution in [1.29, 1.82) is 0 Å². The Hall–Kier alpha value is -0.840. The number of hydrogen-bond donors (Lipinski definition) is 2. The van der Waals surface area contributed by atoms with E-state index in [1.54, 1.807) is 0 Å². The Balaban J connectivity index is 0.00000280. The number of nitrogens with zero attached hydrogens (tertiary/aromatic N) is 3. The van der Waals surface area contributed by atoms with Crippen LogP contribution in [0.15, 0.2) is 11.2 Å². The van der Waals surface area contributed by atoms with Gasteiger partial charge in [-0.25, -0.2) is 8.42 Å². The molecule has 2 unspecified atom stereocenters. The normalized spacial score (nSPS) is 24.1. The molecule has 2 heterocycles. The summed E-state index contributed by atoms with van der Waals surface area (Å²) in [6, 6.07) is 0.942. The van der Waals surface area contributed by atoms with Gasteiger partial charge in [-0.1, -0.05) is 0 Å². The van der Waals surface area contributed by atoms with Crippen molar-refractivity contribution >= 4 is 39.8 Å². The maximum absolute atomic E-state index is 11.7. The number of fused-ring (bicyclic) bond motifs is 1. The first-order valence-corrected chi connectivity index (χ1v) is 11.9. The van der Waals surface area contributed by atoms with Gasteiger partial charge in [-0.15, -0.1) is 24.0 Å². The first-order chi connectivity index (χ1) is 12.7. The van der Waals surface area contributed by atoms with E-state index in [1.807, 2.05) is 0 Å². The summed E-state index contributed by atoms with van der Waals surface area (Å²) >= 11 is 0. The molecule has 2 N–H and O–H groups in total. The zero-order chi connectivity index (χ0) is 19.6. The SMILES string of the molecule is CC(C)NC(=NCC1CCS(=O)(=O)C1)NC1CCc2cn(C(C)C)nc2C1.I. The summed E-state index contributed by atoms with van der Waals surface area (Å²) in [4.78, 5) is 4.70. The fourth-order valence-corrected chi connectivity index (χ4v) is 5.59. The van der Waals surface area contributed by atoms with Crippen molar-refractivity contribution in [3.05, 3.63) is 17.5 Å². The molecule has 1 aliphatic carbocycles. The molecule has 0 radical (unpaired) electrons. The lowest BCUT2D eigenvalue weighted by Crippen LogP contribution is -2.48. The highest BCUT2D eigenvalue weighted by Gasteiger charge is 2.28. The summed E-state index contributed by atoms with van der Waals surface area (Å²) in [7, 11) is -2.85. The molecule has 160 valence electrons. The molecule has 0 bridgehead atoms. The van der Waals surface area contributed by atoms with Crippen molar-refractivity contribution in [1.82, 2.24) is 20.4 Å². The van der Waals surface area contributed by atoms with Gasteiger partial charge in [-0.2, -0.15) is 5.10 Å². The van der Waals surface area contributed by atoms with E-state index in [-0.39, 0.29) is 41.7 Å². The minimum absolute atomic E-state index is 0. The lowest BCUT2D eigenvalue weighted by Gasteiger charge is -2.25. The van der Waals surface area contributed by atoms with Crippen LogP contribution in [0.3, 0.4) is 0 Å². The third-order valence-electron chi connectivity index (χ3n) is 5.23. The Morgan fingerprint density at radius 1 is 1.32 bits per heavy atom. The number of nitrogens with one attached hydrogen (secondary N) is 2. The lowest BCUT2D eigenvalue weighted by molar-refractivity contribution is 0.495. The predicted octanol–water partition coefficient (Wildman–Crippen LogP) is 2.32. The summed E-state index contributed by atoms with van der Waals surface area (Å²) in [5.74, 6) is 1.49. The molecule has 2 aliphatic rings. The Morgan fingerprint density at radius 3 is 2.68 bits per heavy atom. The quantitative estimate of drug-likeness (QED) is 0.352. The minimum Gasteiger partial charge on any atom is -0.354 e. The van der Waals surface area contributed by atoms with Gasteiger partial charge >= 0.3 is 0 Å². The molecular formula is C19H34IN5O2S. The number of aromatic nitrogens is 2. The summed E-state index contributed by atoms with van der Waals surface area (Å²) in [5.41, 5.74) is 2.53. The summed E-state index contributed by atoms with van der Waals surface area (Å²) in [6.45, 7) is 9.02. The molecule has 1 aromatic heterocycles. The third-order valence-corrected chi connectivity index (χ3v) is 7.06. The van der Waals surface area contributed by atoms with E-state index >= 15 is 0 Å². The highest BCUT2D eigenvalue weighted by molar-refractivity contribution is 14.0. The van der Waals surface area contributed by atoms with Gasteiger partial charge in [0, 0.05) is 37.3 Å². The van der Waals surface area contributed by atoms with Gasteiger partial charge in [0.15, 0.2) is 15.8 Å². The Labute approximate surface area is 186 Å². The molecule has 7 nitrogen and oxygen atoms in total. The molecule has 1 aromatic rings. The highest BCUT2D eigenvalue weighted by atomic mass is 127. The topological polar surface area (TPSA) is 88.4 Å². The number of aryl methyl sites for hydroxylation is 1. The van der Waals surface area contributed by atoms with E-state index in [0.29, 0.717) is 24.4 Å². The second-order valence-electron chi connectivity index (χ2n) is 8.52. The number of halogens is 1. The fourth-order valence-electron chi connectivity index (χ4n) is 3.74. The van der Waals surface area contributed by atoms with Crippen molar-refractivity contribution in [2.45, 2.75) is 71.5 Å². The van der Waals surface area contributed by atoms with Crippen LogP contribution in [0.4, 0.5) is 0 Å². The molecule has 2 atom stereocenters. The summed E-state index contributed by atoms with van der Waals surface area (Å²) in [6.07, 6.45) is 5.87. The molecule has 3 rings (SSSR count). The number of rotatable bonds is 5. The monoisotopic (exact) mass is 523 g/mol. The number of guanidine groups is 1. The first-order valence-electron chi connectivity index (χ1n) is 10.1. The van der Waals surface area contributed by atoms with Crippen LogP contribution in [-0.4, -0.2) is 54.3 Å². The van der Waals surface area contributed by atoms with E-state index in [0.717, 1.165) is 31.6 Å². The molecule has 1 aliphatic heterocycles. The highest BCUT2D eigenvalue weighted by Crippen LogP contribution is 2.22. The number of aliphatic imine (C=N–C) groups is 1. The number of hydrogen-bond acceptors (Lipinski definition) is 4. The van der Waals surface area contributed by atoms with Gasteiger partial charge in [0.2, 0.25) is 0 Å². The van der Waals surface area contributed by atoms with Gasteiger partial charge in [0.05, 0.1) is 17.2 Å². The summed E-state index contributed by atoms with van der Waals surface area (Å²) in [5, 5.41) is 11.7. The Kier molecular flexibility index (Phi) is 8.18. The van der Waals surface area contributed by atoms with Crippen molar-refractivity contribution < 1.29 is 8.42 Å². The lowest BCUT2D eigenvalue weighted by atomic mass is 9.94. The van der Waals surface area contributed by atoms with Crippen molar-refractivity contribution in [2.24, 2.45) is 10.9 Å². The average molecular weight is 523 g/mol. The molecule has 0 spiro atoms. The molecule has 28 heavy (non-hydrogen) atoms. The van der Waals surface area contributed by atoms with Crippen LogP contribution in [-0.2, 0) is 22.7 Å². The van der Waals surface area contributed by atoms with Gasteiger partial charge in [-0.3, -0.25) is 9.67 Å². The van der Waals surface area contributed by atoms with Gasteiger partial charge in [0.1, 0.15) is 0 Å². The van der Waals surface area contributed by atoms with E-state index in [4.69, 9.17) is 10.1 Å².